The summed E-state index contributed by atoms with van der Waals surface area (Å²) in [7, 11) is 0. The molecule has 2 N–H and O–H groups in total. The Kier molecular flexibility index (Phi) is 4.76. The van der Waals surface area contributed by atoms with E-state index in [0.29, 0.717) is 16.3 Å². The minimum Gasteiger partial charge on any atom is -0.295 e. The van der Waals surface area contributed by atoms with Gasteiger partial charge in [0.05, 0.1) is 23.2 Å². The molecule has 0 aliphatic rings. The van der Waals surface area contributed by atoms with E-state index in [1.807, 2.05) is 39.0 Å². The monoisotopic (exact) mass is 354 g/mol. The van der Waals surface area contributed by atoms with E-state index in [-0.39, 0.29) is 5.56 Å². The summed E-state index contributed by atoms with van der Waals surface area (Å²) in [5, 5.41) is 7.84. The smallest absolute Gasteiger partial charge is 0.280 e. The molecule has 128 valence electrons. The van der Waals surface area contributed by atoms with Gasteiger partial charge >= 0.3 is 0 Å². The molecule has 0 unspecified atom stereocenters. The number of aryl methyl sites for hydroxylation is 3. The molecule has 3 aromatic rings. The van der Waals surface area contributed by atoms with Gasteiger partial charge in [0.2, 0.25) is 0 Å². The van der Waals surface area contributed by atoms with E-state index in [4.69, 9.17) is 11.6 Å². The summed E-state index contributed by atoms with van der Waals surface area (Å²) >= 11 is 6.01. The highest BCUT2D eigenvalue weighted by Crippen LogP contribution is 2.16. The maximum atomic E-state index is 12.6. The number of hydrogen-bond donors (Lipinski definition) is 2. The second kappa shape index (κ2) is 6.99. The number of halogens is 1. The zero-order valence-electron chi connectivity index (χ0n) is 14.3. The number of rotatable bonds is 4. The number of nitrogens with zero attached hydrogens (tertiary/aromatic N) is 2. The van der Waals surface area contributed by atoms with Gasteiger partial charge in [-0.2, -0.15) is 5.10 Å². The van der Waals surface area contributed by atoms with Crippen LogP contribution in [0.3, 0.4) is 0 Å². The predicted molar refractivity (Wildman–Crippen MR) is 103 cm³/mol. The van der Waals surface area contributed by atoms with E-state index >= 15 is 0 Å². The van der Waals surface area contributed by atoms with Crippen molar-refractivity contribution in [3.63, 3.8) is 0 Å². The second-order valence-corrected chi connectivity index (χ2v) is 6.40. The predicted octanol–water partition coefficient (Wildman–Crippen LogP) is 4.19. The summed E-state index contributed by atoms with van der Waals surface area (Å²) in [4.78, 5) is 12.6. The van der Waals surface area contributed by atoms with Gasteiger partial charge in [-0.3, -0.25) is 15.3 Å². The topological polar surface area (TPSA) is 62.2 Å². The Balaban J connectivity index is 1.87. The van der Waals surface area contributed by atoms with Crippen LogP contribution in [0.5, 0.6) is 0 Å². The summed E-state index contributed by atoms with van der Waals surface area (Å²) in [6.45, 7) is 5.89. The molecule has 0 fully saturated rings. The summed E-state index contributed by atoms with van der Waals surface area (Å²) < 4.78 is 1.46. The average molecular weight is 355 g/mol. The molecular formula is C19H19ClN4O. The van der Waals surface area contributed by atoms with E-state index in [1.54, 1.807) is 18.2 Å². The van der Waals surface area contributed by atoms with E-state index in [0.717, 1.165) is 16.9 Å². The normalized spacial score (nSPS) is 11.2. The molecule has 0 spiro atoms. The number of hydrogen-bond acceptors (Lipinski definition) is 3. The Morgan fingerprint density at radius 2 is 1.96 bits per heavy atom. The molecule has 3 rings (SSSR count). The number of anilines is 1. The highest BCUT2D eigenvalue weighted by atomic mass is 35.5. The quantitative estimate of drug-likeness (QED) is 0.545. The lowest BCUT2D eigenvalue weighted by Crippen LogP contribution is -2.17. The fourth-order valence-corrected chi connectivity index (χ4v) is 2.80. The third-order valence-electron chi connectivity index (χ3n) is 3.94. The SMILES string of the molecule is Cc1ccc(NN=Cc2c(C)[nH]n(-c3cccc(Cl)c3)c2=O)c(C)c1. The largest absolute Gasteiger partial charge is 0.295 e. The van der Waals surface area contributed by atoms with E-state index in [9.17, 15) is 4.79 Å². The molecule has 0 aliphatic carbocycles. The molecule has 0 saturated heterocycles. The van der Waals surface area contributed by atoms with Crippen molar-refractivity contribution < 1.29 is 0 Å². The fraction of sp³-hybridized carbons (Fsp3) is 0.158. The first-order valence-corrected chi connectivity index (χ1v) is 8.27. The van der Waals surface area contributed by atoms with Crippen molar-refractivity contribution >= 4 is 23.5 Å². The van der Waals surface area contributed by atoms with E-state index in [1.165, 1.54) is 16.5 Å². The molecule has 25 heavy (non-hydrogen) atoms. The molecule has 1 aromatic heterocycles. The molecule has 1 heterocycles. The third kappa shape index (κ3) is 3.67. The first-order valence-electron chi connectivity index (χ1n) is 7.89. The van der Waals surface area contributed by atoms with Gasteiger partial charge in [-0.25, -0.2) is 4.68 Å². The van der Waals surface area contributed by atoms with Crippen LogP contribution in [0.1, 0.15) is 22.4 Å². The van der Waals surface area contributed by atoms with Gasteiger partial charge in [0.25, 0.3) is 5.56 Å². The molecule has 2 aromatic carbocycles. The van der Waals surface area contributed by atoms with Gasteiger partial charge in [0, 0.05) is 10.7 Å². The Morgan fingerprint density at radius 1 is 1.16 bits per heavy atom. The van der Waals surface area contributed by atoms with Crippen LogP contribution in [0.4, 0.5) is 5.69 Å². The summed E-state index contributed by atoms with van der Waals surface area (Å²) in [6.07, 6.45) is 1.54. The van der Waals surface area contributed by atoms with Crippen LogP contribution in [0.15, 0.2) is 52.4 Å². The molecule has 0 radical (unpaired) electrons. The van der Waals surface area contributed by atoms with Crippen molar-refractivity contribution in [2.45, 2.75) is 20.8 Å². The van der Waals surface area contributed by atoms with E-state index < -0.39 is 0 Å². The van der Waals surface area contributed by atoms with Gasteiger partial charge in [-0.15, -0.1) is 0 Å². The molecule has 6 heteroatoms. The highest BCUT2D eigenvalue weighted by molar-refractivity contribution is 6.30. The van der Waals surface area contributed by atoms with Crippen molar-refractivity contribution in [2.24, 2.45) is 5.10 Å². The maximum Gasteiger partial charge on any atom is 0.280 e. The minimum atomic E-state index is -0.175. The standard InChI is InChI=1S/C19H19ClN4O/c1-12-7-8-18(13(2)9-12)22-21-11-17-14(3)23-24(19(17)25)16-6-4-5-15(20)10-16/h4-11,22-23H,1-3H3. The number of aromatic amines is 1. The van der Waals surface area contributed by atoms with Crippen molar-refractivity contribution in [2.75, 3.05) is 5.43 Å². The lowest BCUT2D eigenvalue weighted by atomic mass is 10.1. The number of hydrazone groups is 1. The first kappa shape index (κ1) is 17.0. The second-order valence-electron chi connectivity index (χ2n) is 5.96. The average Bonchev–Trinajstić information content (AvgIpc) is 2.85. The summed E-state index contributed by atoms with van der Waals surface area (Å²) in [6, 6.07) is 13.2. The molecule has 0 aliphatic heterocycles. The molecule has 0 atom stereocenters. The molecule has 0 saturated carbocycles. The summed E-state index contributed by atoms with van der Waals surface area (Å²) in [5.41, 5.74) is 7.92. The number of aromatic nitrogens is 2. The molecule has 5 nitrogen and oxygen atoms in total. The number of benzene rings is 2. The van der Waals surface area contributed by atoms with Gasteiger partial charge in [-0.1, -0.05) is 35.4 Å². The van der Waals surface area contributed by atoms with Gasteiger partial charge in [-0.05, 0) is 50.6 Å². The Hall–Kier alpha value is -2.79. The Labute approximate surface area is 150 Å². The molecule has 0 amide bonds. The molecule has 0 bridgehead atoms. The van der Waals surface area contributed by atoms with E-state index in [2.05, 4.69) is 21.7 Å². The van der Waals surface area contributed by atoms with Gasteiger partial charge in [0.1, 0.15) is 0 Å². The van der Waals surface area contributed by atoms with Crippen LogP contribution in [0.25, 0.3) is 5.69 Å². The van der Waals surface area contributed by atoms with Crippen LogP contribution in [0, 0.1) is 20.8 Å². The number of H-pyrrole nitrogens is 1. The Morgan fingerprint density at radius 3 is 2.68 bits per heavy atom. The van der Waals surface area contributed by atoms with Crippen LogP contribution in [0.2, 0.25) is 5.02 Å². The van der Waals surface area contributed by atoms with Crippen LogP contribution >= 0.6 is 11.6 Å². The maximum absolute atomic E-state index is 12.6. The lowest BCUT2D eigenvalue weighted by molar-refractivity contribution is 0.835. The fourth-order valence-electron chi connectivity index (χ4n) is 2.61. The third-order valence-corrected chi connectivity index (χ3v) is 4.18. The minimum absolute atomic E-state index is 0.175. The number of nitrogens with one attached hydrogen (secondary N) is 2. The highest BCUT2D eigenvalue weighted by Gasteiger charge is 2.11. The zero-order chi connectivity index (χ0) is 18.0. The zero-order valence-corrected chi connectivity index (χ0v) is 15.1. The van der Waals surface area contributed by atoms with Crippen molar-refractivity contribution in [3.8, 4) is 5.69 Å². The lowest BCUT2D eigenvalue weighted by Gasteiger charge is -2.05. The summed E-state index contributed by atoms with van der Waals surface area (Å²) in [5.74, 6) is 0. The van der Waals surface area contributed by atoms with Crippen LogP contribution in [-0.4, -0.2) is 16.0 Å². The van der Waals surface area contributed by atoms with Crippen molar-refractivity contribution in [3.05, 3.63) is 80.2 Å². The first-order chi connectivity index (χ1) is 12.0. The van der Waals surface area contributed by atoms with Gasteiger partial charge in [0.15, 0.2) is 0 Å². The van der Waals surface area contributed by atoms with Gasteiger partial charge < -0.3 is 0 Å². The molecular weight excluding hydrogens is 336 g/mol. The van der Waals surface area contributed by atoms with Crippen LogP contribution in [-0.2, 0) is 0 Å². The van der Waals surface area contributed by atoms with Crippen molar-refractivity contribution in [1.82, 2.24) is 9.78 Å². The van der Waals surface area contributed by atoms with Crippen LogP contribution < -0.4 is 11.0 Å². The van der Waals surface area contributed by atoms with Crippen molar-refractivity contribution in [1.29, 1.82) is 0 Å². The Bertz CT molecular complexity index is 1000.